The monoisotopic (exact) mass is 434 g/mol. The molecule has 0 atom stereocenters. The molecular weight excluding hydrogens is 412 g/mol. The third-order valence-electron chi connectivity index (χ3n) is 3.97. The Kier molecular flexibility index (Phi) is 7.56. The molecular formula is C20H22N2O7S. The van der Waals surface area contributed by atoms with Gasteiger partial charge in [-0.3, -0.25) is 4.55 Å². The van der Waals surface area contributed by atoms with Crippen molar-refractivity contribution in [2.45, 2.75) is 6.92 Å². The Labute approximate surface area is 173 Å². The normalized spacial score (nSPS) is 11.2. The molecule has 3 aromatic rings. The van der Waals surface area contributed by atoms with Gasteiger partial charge in [0.25, 0.3) is 10.1 Å². The highest BCUT2D eigenvalue weighted by atomic mass is 32.2. The van der Waals surface area contributed by atoms with Gasteiger partial charge in [0.1, 0.15) is 11.3 Å². The van der Waals surface area contributed by atoms with E-state index >= 15 is 0 Å². The van der Waals surface area contributed by atoms with Crippen LogP contribution in [0.1, 0.15) is 28.7 Å². The number of para-hydroxylation sites is 1. The first-order valence-electron chi connectivity index (χ1n) is 8.75. The molecule has 0 saturated carbocycles. The number of H-pyrrole nitrogens is 1. The minimum atomic E-state index is -3.66. The number of hydrogen-bond donors (Lipinski definition) is 3. The number of imidazole rings is 1. The van der Waals surface area contributed by atoms with Gasteiger partial charge < -0.3 is 19.6 Å². The van der Waals surface area contributed by atoms with Crippen LogP contribution in [0.4, 0.5) is 0 Å². The van der Waals surface area contributed by atoms with E-state index in [4.69, 9.17) is 14.0 Å². The summed E-state index contributed by atoms with van der Waals surface area (Å²) < 4.78 is 37.4. The van der Waals surface area contributed by atoms with E-state index in [9.17, 15) is 18.3 Å². The summed E-state index contributed by atoms with van der Waals surface area (Å²) in [4.78, 5) is 18.7. The molecule has 9 nitrogen and oxygen atoms in total. The van der Waals surface area contributed by atoms with Gasteiger partial charge in [-0.25, -0.2) is 9.78 Å². The Bertz CT molecular complexity index is 1170. The van der Waals surface area contributed by atoms with E-state index in [1.807, 2.05) is 24.3 Å². The maximum atomic E-state index is 11.2. The molecule has 0 aliphatic rings. The molecule has 0 fully saturated rings. The Balaban J connectivity index is 0.000000469. The number of nitrogens with zero attached hydrogens (tertiary/aromatic N) is 1. The number of carboxylic acid groups (broad SMARTS) is 1. The van der Waals surface area contributed by atoms with Gasteiger partial charge in [-0.1, -0.05) is 18.2 Å². The van der Waals surface area contributed by atoms with Crippen LogP contribution in [0.25, 0.3) is 23.2 Å². The van der Waals surface area contributed by atoms with Gasteiger partial charge in [-0.05, 0) is 42.8 Å². The van der Waals surface area contributed by atoms with Gasteiger partial charge in [0.05, 0.1) is 31.1 Å². The number of methoxy groups -OCH3 is 2. The molecule has 30 heavy (non-hydrogen) atoms. The van der Waals surface area contributed by atoms with Crippen molar-refractivity contribution in [2.24, 2.45) is 0 Å². The summed E-state index contributed by atoms with van der Waals surface area (Å²) in [7, 11) is -0.496. The predicted molar refractivity (Wildman–Crippen MR) is 114 cm³/mol. The Morgan fingerprint density at radius 3 is 2.37 bits per heavy atom. The topological polar surface area (TPSA) is 139 Å². The molecule has 10 heteroatoms. The third-order valence-corrected chi connectivity index (χ3v) is 4.70. The average molecular weight is 434 g/mol. The Morgan fingerprint density at radius 1 is 1.13 bits per heavy atom. The lowest BCUT2D eigenvalue weighted by Gasteiger charge is -2.07. The van der Waals surface area contributed by atoms with Crippen molar-refractivity contribution in [3.05, 3.63) is 53.3 Å². The molecule has 0 aliphatic heterocycles. The van der Waals surface area contributed by atoms with E-state index in [-0.39, 0.29) is 11.3 Å². The first kappa shape index (κ1) is 22.9. The SMILES string of the molecule is CCS(=O)(=O)O.COc1ccc(C=Cc2nc3c(C(=O)O)cccc3[nH]2)cc1OC. The maximum Gasteiger partial charge on any atom is 0.337 e. The van der Waals surface area contributed by atoms with Gasteiger partial charge in [0, 0.05) is 0 Å². The number of carbonyl (C=O) groups is 1. The fraction of sp³-hybridized carbons (Fsp3) is 0.200. The molecule has 160 valence electrons. The van der Waals surface area contributed by atoms with Gasteiger partial charge >= 0.3 is 5.97 Å². The zero-order valence-electron chi connectivity index (χ0n) is 16.6. The van der Waals surface area contributed by atoms with Crippen LogP contribution in [0, 0.1) is 0 Å². The highest BCUT2D eigenvalue weighted by molar-refractivity contribution is 7.85. The minimum Gasteiger partial charge on any atom is -0.493 e. The van der Waals surface area contributed by atoms with E-state index in [1.165, 1.54) is 13.0 Å². The molecule has 0 spiro atoms. The van der Waals surface area contributed by atoms with Crippen molar-refractivity contribution in [3.63, 3.8) is 0 Å². The van der Waals surface area contributed by atoms with Crippen molar-refractivity contribution in [1.82, 2.24) is 9.97 Å². The lowest BCUT2D eigenvalue weighted by atomic mass is 10.2. The number of rotatable bonds is 6. The first-order valence-corrected chi connectivity index (χ1v) is 10.4. The second-order valence-corrected chi connectivity index (χ2v) is 7.69. The Morgan fingerprint density at radius 2 is 1.80 bits per heavy atom. The summed E-state index contributed by atoms with van der Waals surface area (Å²) in [6.45, 7) is 1.37. The third kappa shape index (κ3) is 6.06. The van der Waals surface area contributed by atoms with Crippen LogP contribution in [-0.2, 0) is 10.1 Å². The fourth-order valence-electron chi connectivity index (χ4n) is 2.43. The molecule has 0 aliphatic carbocycles. The summed E-state index contributed by atoms with van der Waals surface area (Å²) in [6.07, 6.45) is 3.65. The van der Waals surface area contributed by atoms with E-state index < -0.39 is 16.1 Å². The number of fused-ring (bicyclic) bond motifs is 1. The van der Waals surface area contributed by atoms with Crippen LogP contribution in [0.5, 0.6) is 11.5 Å². The van der Waals surface area contributed by atoms with E-state index in [0.717, 1.165) is 5.56 Å². The van der Waals surface area contributed by atoms with Crippen molar-refractivity contribution in [3.8, 4) is 11.5 Å². The number of aromatic amines is 1. The van der Waals surface area contributed by atoms with Crippen LogP contribution >= 0.6 is 0 Å². The largest absolute Gasteiger partial charge is 0.493 e. The molecule has 1 heterocycles. The van der Waals surface area contributed by atoms with Crippen LogP contribution < -0.4 is 9.47 Å². The lowest BCUT2D eigenvalue weighted by molar-refractivity contribution is 0.0699. The Hall–Kier alpha value is -3.37. The molecule has 0 amide bonds. The van der Waals surface area contributed by atoms with Crippen LogP contribution in [0.2, 0.25) is 0 Å². The first-order chi connectivity index (χ1) is 14.2. The molecule has 2 aromatic carbocycles. The van der Waals surface area contributed by atoms with Crippen molar-refractivity contribution < 1.29 is 32.3 Å². The summed E-state index contributed by atoms with van der Waals surface area (Å²) in [5.41, 5.74) is 2.21. The van der Waals surface area contributed by atoms with Gasteiger partial charge in [0.2, 0.25) is 0 Å². The number of hydrogen-bond acceptors (Lipinski definition) is 6. The standard InChI is InChI=1S/C18H16N2O4.C2H6O3S/c1-23-14-8-6-11(10-15(14)24-2)7-9-16-19-13-5-3-4-12(18(21)22)17(13)20-16;1-2-6(3,4)5/h3-10H,1-2H3,(H,19,20)(H,21,22);2H2,1H3,(H,3,4,5). The maximum absolute atomic E-state index is 11.2. The molecule has 0 unspecified atom stereocenters. The van der Waals surface area contributed by atoms with E-state index in [2.05, 4.69) is 9.97 Å². The second kappa shape index (κ2) is 9.90. The van der Waals surface area contributed by atoms with Gasteiger partial charge in [-0.2, -0.15) is 8.42 Å². The van der Waals surface area contributed by atoms with Gasteiger partial charge in [0.15, 0.2) is 11.5 Å². The number of benzene rings is 2. The zero-order chi connectivity index (χ0) is 22.3. The van der Waals surface area contributed by atoms with Crippen LogP contribution in [0.3, 0.4) is 0 Å². The summed E-state index contributed by atoms with van der Waals surface area (Å²) in [5, 5.41) is 9.21. The van der Waals surface area contributed by atoms with Gasteiger partial charge in [-0.15, -0.1) is 0 Å². The summed E-state index contributed by atoms with van der Waals surface area (Å²) >= 11 is 0. The number of aromatic nitrogens is 2. The smallest absolute Gasteiger partial charge is 0.337 e. The summed E-state index contributed by atoms with van der Waals surface area (Å²) in [6, 6.07) is 10.6. The van der Waals surface area contributed by atoms with Crippen molar-refractivity contribution >= 4 is 39.3 Å². The highest BCUT2D eigenvalue weighted by Gasteiger charge is 2.11. The molecule has 1 aromatic heterocycles. The van der Waals surface area contributed by atoms with Crippen LogP contribution in [-0.4, -0.2) is 54.0 Å². The molecule has 3 rings (SSSR count). The molecule has 3 N–H and O–H groups in total. The number of aromatic carboxylic acids is 1. The lowest BCUT2D eigenvalue weighted by Crippen LogP contribution is -1.97. The predicted octanol–water partition coefficient (Wildman–Crippen LogP) is 3.34. The summed E-state index contributed by atoms with van der Waals surface area (Å²) in [5.74, 6) is 0.672. The number of carboxylic acids is 1. The van der Waals surface area contributed by atoms with E-state index in [0.29, 0.717) is 28.4 Å². The highest BCUT2D eigenvalue weighted by Crippen LogP contribution is 2.28. The number of nitrogens with one attached hydrogen (secondary N) is 1. The second-order valence-electron chi connectivity index (χ2n) is 5.95. The van der Waals surface area contributed by atoms with Crippen LogP contribution in [0.15, 0.2) is 36.4 Å². The van der Waals surface area contributed by atoms with E-state index in [1.54, 1.807) is 32.4 Å². The van der Waals surface area contributed by atoms with Crippen molar-refractivity contribution in [2.75, 3.05) is 20.0 Å². The fourth-order valence-corrected chi connectivity index (χ4v) is 2.43. The number of ether oxygens (including phenoxy) is 2. The minimum absolute atomic E-state index is 0.175. The molecule has 0 bridgehead atoms. The molecule has 0 saturated heterocycles. The average Bonchev–Trinajstić information content (AvgIpc) is 3.14. The van der Waals surface area contributed by atoms with Crippen molar-refractivity contribution in [1.29, 1.82) is 0 Å². The molecule has 0 radical (unpaired) electrons. The zero-order valence-corrected chi connectivity index (χ0v) is 17.4. The quantitative estimate of drug-likeness (QED) is 0.502.